The largest absolute Gasteiger partial charge is 0.371 e. The third kappa shape index (κ3) is 2.85. The van der Waals surface area contributed by atoms with Gasteiger partial charge in [0, 0.05) is 38.1 Å². The van der Waals surface area contributed by atoms with Crippen molar-refractivity contribution in [2.75, 3.05) is 29.9 Å². The highest BCUT2D eigenvalue weighted by atomic mass is 16.2. The molecule has 0 unspecified atom stereocenters. The minimum absolute atomic E-state index is 0.0693. The molecule has 0 saturated heterocycles. The molecule has 2 aromatic carbocycles. The molecule has 1 aliphatic rings. The summed E-state index contributed by atoms with van der Waals surface area (Å²) in [6.45, 7) is 1.44. The number of hydrogen-bond acceptors (Lipinski definition) is 4. The Labute approximate surface area is 146 Å². The van der Waals surface area contributed by atoms with Crippen LogP contribution in [0.2, 0.25) is 0 Å². The molecular weight excluding hydrogens is 312 g/mol. The zero-order valence-electron chi connectivity index (χ0n) is 14.0. The topological polar surface area (TPSA) is 49.3 Å². The van der Waals surface area contributed by atoms with E-state index in [9.17, 15) is 4.79 Å². The fourth-order valence-electron chi connectivity index (χ4n) is 3.05. The van der Waals surface area contributed by atoms with Crippen molar-refractivity contribution >= 4 is 17.3 Å². The fourth-order valence-corrected chi connectivity index (χ4v) is 3.05. The molecule has 0 spiro atoms. The van der Waals surface area contributed by atoms with E-state index >= 15 is 0 Å². The predicted octanol–water partition coefficient (Wildman–Crippen LogP) is 3.24. The van der Waals surface area contributed by atoms with Crippen molar-refractivity contribution in [1.29, 1.82) is 0 Å². The Balaban J connectivity index is 1.63. The van der Waals surface area contributed by atoms with E-state index in [-0.39, 0.29) is 5.91 Å². The molecule has 3 aromatic rings. The summed E-state index contributed by atoms with van der Waals surface area (Å²) in [5.74, 6) is 0.552. The summed E-state index contributed by atoms with van der Waals surface area (Å²) < 4.78 is 0. The molecule has 1 amide bonds. The van der Waals surface area contributed by atoms with Gasteiger partial charge in [0.1, 0.15) is 0 Å². The van der Waals surface area contributed by atoms with E-state index in [4.69, 9.17) is 0 Å². The van der Waals surface area contributed by atoms with Gasteiger partial charge in [-0.3, -0.25) is 4.79 Å². The van der Waals surface area contributed by atoms with Crippen LogP contribution < -0.4 is 9.80 Å². The Morgan fingerprint density at radius 2 is 1.52 bits per heavy atom. The number of hydrogen-bond donors (Lipinski definition) is 0. The van der Waals surface area contributed by atoms with Gasteiger partial charge in [0.15, 0.2) is 5.82 Å². The molecule has 25 heavy (non-hydrogen) atoms. The average Bonchev–Trinajstić information content (AvgIpc) is 2.69. The molecule has 124 valence electrons. The van der Waals surface area contributed by atoms with Gasteiger partial charge in [0.05, 0.1) is 16.9 Å². The van der Waals surface area contributed by atoms with Crippen molar-refractivity contribution in [2.24, 2.45) is 0 Å². The summed E-state index contributed by atoms with van der Waals surface area (Å²) in [7, 11) is 2.04. The van der Waals surface area contributed by atoms with E-state index < -0.39 is 0 Å². The Kier molecular flexibility index (Phi) is 3.90. The van der Waals surface area contributed by atoms with Crippen LogP contribution >= 0.6 is 0 Å². The van der Waals surface area contributed by atoms with Gasteiger partial charge in [-0.05, 0) is 12.1 Å². The van der Waals surface area contributed by atoms with Gasteiger partial charge in [-0.1, -0.05) is 42.5 Å². The number of para-hydroxylation sites is 2. The third-order valence-corrected chi connectivity index (χ3v) is 4.42. The summed E-state index contributed by atoms with van der Waals surface area (Å²) in [5, 5.41) is 0. The number of benzene rings is 2. The van der Waals surface area contributed by atoms with E-state index in [2.05, 4.69) is 14.9 Å². The molecule has 4 rings (SSSR count). The summed E-state index contributed by atoms with van der Waals surface area (Å²) in [4.78, 5) is 25.6. The maximum atomic E-state index is 12.9. The Morgan fingerprint density at radius 3 is 2.24 bits per heavy atom. The van der Waals surface area contributed by atoms with Gasteiger partial charge in [0.2, 0.25) is 0 Å². The van der Waals surface area contributed by atoms with Crippen LogP contribution in [0.15, 0.2) is 67.0 Å². The maximum absolute atomic E-state index is 12.9. The lowest BCUT2D eigenvalue weighted by molar-refractivity contribution is 0.0986. The van der Waals surface area contributed by atoms with Crippen molar-refractivity contribution in [1.82, 2.24) is 9.97 Å². The highest BCUT2D eigenvalue weighted by Gasteiger charge is 2.26. The molecule has 1 aromatic heterocycles. The van der Waals surface area contributed by atoms with Crippen LogP contribution in [0.5, 0.6) is 0 Å². The number of rotatable bonds is 2. The predicted molar refractivity (Wildman–Crippen MR) is 98.9 cm³/mol. The number of carbonyl (C=O) groups excluding carboxylic acids is 1. The highest BCUT2D eigenvalue weighted by Crippen LogP contribution is 2.32. The first-order chi connectivity index (χ1) is 12.2. The van der Waals surface area contributed by atoms with Crippen LogP contribution in [0, 0.1) is 0 Å². The number of carbonyl (C=O) groups is 1. The standard InChI is InChI=1S/C20H18N4O/c1-23-11-12-24(18-10-6-5-9-17(18)23)20(25)16-13-21-19(22-14-16)15-7-3-2-4-8-15/h2-10,13-14H,11-12H2,1H3. The minimum Gasteiger partial charge on any atom is -0.371 e. The second-order valence-corrected chi connectivity index (χ2v) is 6.03. The van der Waals surface area contributed by atoms with Gasteiger partial charge >= 0.3 is 0 Å². The number of fused-ring (bicyclic) bond motifs is 1. The second-order valence-electron chi connectivity index (χ2n) is 6.03. The van der Waals surface area contributed by atoms with Crippen molar-refractivity contribution < 1.29 is 4.79 Å². The van der Waals surface area contributed by atoms with Crippen LogP contribution in [0.4, 0.5) is 11.4 Å². The van der Waals surface area contributed by atoms with E-state index in [1.165, 1.54) is 0 Å². The molecule has 0 fully saturated rings. The van der Waals surface area contributed by atoms with Gasteiger partial charge in [-0.15, -0.1) is 0 Å². The molecule has 0 aliphatic carbocycles. The van der Waals surface area contributed by atoms with Gasteiger partial charge in [0.25, 0.3) is 5.91 Å². The molecule has 0 radical (unpaired) electrons. The first kappa shape index (κ1) is 15.3. The Bertz CT molecular complexity index is 893. The van der Waals surface area contributed by atoms with Crippen molar-refractivity contribution in [2.45, 2.75) is 0 Å². The summed E-state index contributed by atoms with van der Waals surface area (Å²) in [6, 6.07) is 17.7. The van der Waals surface area contributed by atoms with Crippen LogP contribution in [0.25, 0.3) is 11.4 Å². The van der Waals surface area contributed by atoms with Gasteiger partial charge in [-0.2, -0.15) is 0 Å². The highest BCUT2D eigenvalue weighted by molar-refractivity contribution is 6.08. The molecule has 0 N–H and O–H groups in total. The lowest BCUT2D eigenvalue weighted by atomic mass is 10.1. The summed E-state index contributed by atoms with van der Waals surface area (Å²) >= 11 is 0. The van der Waals surface area contributed by atoms with Crippen molar-refractivity contribution in [3.63, 3.8) is 0 Å². The summed E-state index contributed by atoms with van der Waals surface area (Å²) in [5.41, 5.74) is 3.42. The number of likely N-dealkylation sites (N-methyl/N-ethyl adjacent to an activating group) is 1. The average molecular weight is 330 g/mol. The fraction of sp³-hybridized carbons (Fsp3) is 0.150. The minimum atomic E-state index is -0.0693. The zero-order valence-corrected chi connectivity index (χ0v) is 14.0. The van der Waals surface area contributed by atoms with E-state index in [1.54, 1.807) is 17.3 Å². The quantitative estimate of drug-likeness (QED) is 0.724. The Morgan fingerprint density at radius 1 is 0.880 bits per heavy atom. The molecule has 0 atom stereocenters. The van der Waals surface area contributed by atoms with Crippen molar-refractivity contribution in [3.05, 3.63) is 72.6 Å². The number of anilines is 2. The number of nitrogens with zero attached hydrogens (tertiary/aromatic N) is 4. The van der Waals surface area contributed by atoms with Crippen LogP contribution in [-0.2, 0) is 0 Å². The molecule has 1 aliphatic heterocycles. The van der Waals surface area contributed by atoms with E-state index in [0.717, 1.165) is 23.5 Å². The lowest BCUT2D eigenvalue weighted by Gasteiger charge is -2.35. The van der Waals surface area contributed by atoms with Crippen LogP contribution in [0.3, 0.4) is 0 Å². The summed E-state index contributed by atoms with van der Waals surface area (Å²) in [6.07, 6.45) is 3.22. The van der Waals surface area contributed by atoms with E-state index in [1.807, 2.05) is 61.6 Å². The second kappa shape index (κ2) is 6.36. The van der Waals surface area contributed by atoms with Crippen LogP contribution in [-0.4, -0.2) is 36.0 Å². The monoisotopic (exact) mass is 330 g/mol. The Hall–Kier alpha value is -3.21. The number of amides is 1. The van der Waals surface area contributed by atoms with Crippen LogP contribution in [0.1, 0.15) is 10.4 Å². The number of aromatic nitrogens is 2. The molecular formula is C20H18N4O. The van der Waals surface area contributed by atoms with Crippen molar-refractivity contribution in [3.8, 4) is 11.4 Å². The van der Waals surface area contributed by atoms with Gasteiger partial charge < -0.3 is 9.80 Å². The zero-order chi connectivity index (χ0) is 17.2. The first-order valence-corrected chi connectivity index (χ1v) is 8.23. The molecule has 0 saturated carbocycles. The van der Waals surface area contributed by atoms with E-state index in [0.29, 0.717) is 17.9 Å². The molecule has 5 heteroatoms. The van der Waals surface area contributed by atoms with Gasteiger partial charge in [-0.25, -0.2) is 9.97 Å². The smallest absolute Gasteiger partial charge is 0.261 e. The molecule has 5 nitrogen and oxygen atoms in total. The third-order valence-electron chi connectivity index (χ3n) is 4.42. The molecule has 2 heterocycles. The molecule has 0 bridgehead atoms. The SMILES string of the molecule is CN1CCN(C(=O)c2cnc(-c3ccccc3)nc2)c2ccccc21. The normalized spacial score (nSPS) is 13.5. The lowest BCUT2D eigenvalue weighted by Crippen LogP contribution is -2.42. The first-order valence-electron chi connectivity index (χ1n) is 8.23. The maximum Gasteiger partial charge on any atom is 0.261 e.